The highest BCUT2D eigenvalue weighted by atomic mass is 79.9. The number of carbonyl (C=O) groups is 2. The number of nitrogens with zero attached hydrogens (tertiary/aromatic N) is 2. The van der Waals surface area contributed by atoms with E-state index in [1.165, 1.54) is 4.90 Å². The van der Waals surface area contributed by atoms with Crippen molar-refractivity contribution in [2.24, 2.45) is 0 Å². The fourth-order valence-electron chi connectivity index (χ4n) is 2.34. The van der Waals surface area contributed by atoms with Crippen molar-refractivity contribution >= 4 is 27.7 Å². The molecule has 1 saturated heterocycles. The predicted molar refractivity (Wildman–Crippen MR) is 75.2 cm³/mol. The first-order chi connectivity index (χ1) is 9.52. The van der Waals surface area contributed by atoms with E-state index in [-0.39, 0.29) is 36.8 Å². The average Bonchev–Trinajstić information content (AvgIpc) is 3.05. The van der Waals surface area contributed by atoms with Gasteiger partial charge in [-0.05, 0) is 40.9 Å². The monoisotopic (exact) mass is 344 g/mol. The Kier molecular flexibility index (Phi) is 4.82. The fourth-order valence-corrected chi connectivity index (χ4v) is 2.64. The summed E-state index contributed by atoms with van der Waals surface area (Å²) in [6, 6.07) is 3.06. The molecule has 1 fully saturated rings. The Morgan fingerprint density at radius 1 is 1.55 bits per heavy atom. The number of carbonyl (C=O) groups excluding carboxylic acids is 2. The van der Waals surface area contributed by atoms with Crippen LogP contribution in [0, 0.1) is 0 Å². The minimum absolute atomic E-state index is 0.0202. The van der Waals surface area contributed by atoms with Gasteiger partial charge >= 0.3 is 0 Å². The van der Waals surface area contributed by atoms with Crippen molar-refractivity contribution in [3.8, 4) is 0 Å². The van der Waals surface area contributed by atoms with Crippen LogP contribution in [0.3, 0.4) is 0 Å². The molecule has 0 radical (unpaired) electrons. The van der Waals surface area contributed by atoms with Crippen molar-refractivity contribution in [3.63, 3.8) is 0 Å². The minimum atomic E-state index is -0.344. The van der Waals surface area contributed by atoms with Crippen LogP contribution in [0.2, 0.25) is 0 Å². The van der Waals surface area contributed by atoms with Crippen LogP contribution in [0.4, 0.5) is 0 Å². The van der Waals surface area contributed by atoms with Crippen molar-refractivity contribution in [1.29, 1.82) is 0 Å². The first-order valence-electron chi connectivity index (χ1n) is 6.44. The molecule has 1 aliphatic rings. The van der Waals surface area contributed by atoms with Gasteiger partial charge in [0, 0.05) is 13.6 Å². The Morgan fingerprint density at radius 3 is 2.90 bits per heavy atom. The SMILES string of the molecule is CN(CC(=O)N1CCC[C@@H]1CO)C(=O)c1ccc(Br)o1. The first-order valence-corrected chi connectivity index (χ1v) is 7.23. The maximum atomic E-state index is 12.1. The third-order valence-corrected chi connectivity index (χ3v) is 3.84. The van der Waals surface area contributed by atoms with Gasteiger partial charge < -0.3 is 19.3 Å². The maximum absolute atomic E-state index is 12.1. The van der Waals surface area contributed by atoms with Crippen molar-refractivity contribution in [2.45, 2.75) is 18.9 Å². The molecule has 0 bridgehead atoms. The molecule has 0 unspecified atom stereocenters. The average molecular weight is 345 g/mol. The van der Waals surface area contributed by atoms with Gasteiger partial charge in [0.05, 0.1) is 19.2 Å². The quantitative estimate of drug-likeness (QED) is 0.887. The summed E-state index contributed by atoms with van der Waals surface area (Å²) >= 11 is 3.13. The smallest absolute Gasteiger partial charge is 0.289 e. The number of aliphatic hydroxyl groups excluding tert-OH is 1. The number of likely N-dealkylation sites (N-methyl/N-ethyl adjacent to an activating group) is 1. The molecule has 20 heavy (non-hydrogen) atoms. The lowest BCUT2D eigenvalue weighted by atomic mass is 10.2. The highest BCUT2D eigenvalue weighted by Crippen LogP contribution is 2.18. The second kappa shape index (κ2) is 6.41. The van der Waals surface area contributed by atoms with E-state index in [0.717, 1.165) is 12.8 Å². The molecule has 2 rings (SSSR count). The van der Waals surface area contributed by atoms with Crippen LogP contribution in [0.5, 0.6) is 0 Å². The van der Waals surface area contributed by atoms with Gasteiger partial charge in [0.2, 0.25) is 5.91 Å². The summed E-state index contributed by atoms with van der Waals surface area (Å²) < 4.78 is 5.65. The largest absolute Gasteiger partial charge is 0.444 e. The van der Waals surface area contributed by atoms with E-state index in [4.69, 9.17) is 4.42 Å². The molecule has 1 aliphatic heterocycles. The van der Waals surface area contributed by atoms with Crippen molar-refractivity contribution in [1.82, 2.24) is 9.80 Å². The predicted octanol–water partition coefficient (Wildman–Crippen LogP) is 1.10. The number of amides is 2. The fraction of sp³-hybridized carbons (Fsp3) is 0.538. The van der Waals surface area contributed by atoms with Gasteiger partial charge in [0.25, 0.3) is 5.91 Å². The van der Waals surface area contributed by atoms with Gasteiger partial charge in [-0.2, -0.15) is 0 Å². The van der Waals surface area contributed by atoms with Gasteiger partial charge in [-0.1, -0.05) is 0 Å². The summed E-state index contributed by atoms with van der Waals surface area (Å²) in [5, 5.41) is 9.21. The Bertz CT molecular complexity index is 502. The van der Waals surface area contributed by atoms with Crippen LogP contribution in [0.25, 0.3) is 0 Å². The number of aliphatic hydroxyl groups is 1. The summed E-state index contributed by atoms with van der Waals surface area (Å²) in [7, 11) is 1.56. The Hall–Kier alpha value is -1.34. The molecule has 1 aromatic rings. The van der Waals surface area contributed by atoms with Crippen molar-refractivity contribution in [2.75, 3.05) is 26.7 Å². The Morgan fingerprint density at radius 2 is 2.30 bits per heavy atom. The minimum Gasteiger partial charge on any atom is -0.444 e. The Labute approximate surface area is 125 Å². The van der Waals surface area contributed by atoms with E-state index in [1.807, 2.05) is 0 Å². The molecule has 2 amide bonds. The van der Waals surface area contributed by atoms with Gasteiger partial charge in [0.1, 0.15) is 0 Å². The summed E-state index contributed by atoms with van der Waals surface area (Å²) in [5.74, 6) is -0.306. The molecule has 2 heterocycles. The normalized spacial score (nSPS) is 18.4. The molecule has 1 aromatic heterocycles. The second-order valence-electron chi connectivity index (χ2n) is 4.83. The molecule has 6 nitrogen and oxygen atoms in total. The third-order valence-electron chi connectivity index (χ3n) is 3.41. The lowest BCUT2D eigenvalue weighted by Crippen LogP contribution is -2.44. The van der Waals surface area contributed by atoms with E-state index in [1.54, 1.807) is 24.1 Å². The number of rotatable bonds is 4. The molecule has 0 aromatic carbocycles. The number of likely N-dealkylation sites (tertiary alicyclic amines) is 1. The van der Waals surface area contributed by atoms with Crippen LogP contribution in [0.15, 0.2) is 21.2 Å². The third kappa shape index (κ3) is 3.21. The zero-order chi connectivity index (χ0) is 14.7. The van der Waals surface area contributed by atoms with Crippen LogP contribution in [-0.4, -0.2) is 59.5 Å². The lowest BCUT2D eigenvalue weighted by Gasteiger charge is -2.25. The highest BCUT2D eigenvalue weighted by molar-refractivity contribution is 9.10. The summed E-state index contributed by atoms with van der Waals surface area (Å²) in [6.07, 6.45) is 1.70. The lowest BCUT2D eigenvalue weighted by molar-refractivity contribution is -0.133. The van der Waals surface area contributed by atoms with Crippen molar-refractivity contribution < 1.29 is 19.1 Å². The van der Waals surface area contributed by atoms with Crippen LogP contribution in [-0.2, 0) is 4.79 Å². The maximum Gasteiger partial charge on any atom is 0.289 e. The van der Waals surface area contributed by atoms with Gasteiger partial charge in [-0.3, -0.25) is 9.59 Å². The number of hydrogen-bond donors (Lipinski definition) is 1. The number of furan rings is 1. The van der Waals surface area contributed by atoms with E-state index in [0.29, 0.717) is 11.2 Å². The van der Waals surface area contributed by atoms with E-state index in [2.05, 4.69) is 15.9 Å². The molecular formula is C13H17BrN2O4. The summed E-state index contributed by atoms with van der Waals surface area (Å²) in [4.78, 5) is 27.2. The van der Waals surface area contributed by atoms with Gasteiger partial charge in [0.15, 0.2) is 10.4 Å². The first kappa shape index (κ1) is 15.1. The topological polar surface area (TPSA) is 74.0 Å². The van der Waals surface area contributed by atoms with Gasteiger partial charge in [-0.15, -0.1) is 0 Å². The number of halogens is 1. The molecule has 1 N–H and O–H groups in total. The molecule has 0 aliphatic carbocycles. The zero-order valence-electron chi connectivity index (χ0n) is 11.2. The van der Waals surface area contributed by atoms with Crippen LogP contribution >= 0.6 is 15.9 Å². The Balaban J connectivity index is 1.95. The van der Waals surface area contributed by atoms with E-state index >= 15 is 0 Å². The summed E-state index contributed by atoms with van der Waals surface area (Å²) in [6.45, 7) is 0.584. The van der Waals surface area contributed by atoms with Gasteiger partial charge in [-0.25, -0.2) is 0 Å². The van der Waals surface area contributed by atoms with Crippen LogP contribution in [0.1, 0.15) is 23.4 Å². The van der Waals surface area contributed by atoms with Crippen LogP contribution < -0.4 is 0 Å². The standard InChI is InChI=1S/C13H17BrN2O4/c1-15(13(19)10-4-5-11(14)20-10)7-12(18)16-6-2-3-9(16)8-17/h4-5,9,17H,2-3,6-8H2,1H3/t9-/m1/s1. The summed E-state index contributed by atoms with van der Waals surface area (Å²) in [5.41, 5.74) is 0. The molecule has 7 heteroatoms. The molecule has 1 atom stereocenters. The molecule has 110 valence electrons. The number of hydrogen-bond acceptors (Lipinski definition) is 4. The molecule has 0 spiro atoms. The second-order valence-corrected chi connectivity index (χ2v) is 5.61. The van der Waals surface area contributed by atoms with E-state index < -0.39 is 0 Å². The molecular weight excluding hydrogens is 328 g/mol. The zero-order valence-corrected chi connectivity index (χ0v) is 12.8. The van der Waals surface area contributed by atoms with E-state index in [9.17, 15) is 14.7 Å². The molecule has 0 saturated carbocycles. The highest BCUT2D eigenvalue weighted by Gasteiger charge is 2.29. The van der Waals surface area contributed by atoms with Crippen molar-refractivity contribution in [3.05, 3.63) is 22.6 Å².